The zero-order valence-corrected chi connectivity index (χ0v) is 18.9. The molecule has 9 heteroatoms. The molecule has 2 atom stereocenters. The molecule has 2 unspecified atom stereocenters. The molecule has 2 aliphatic rings. The molecule has 0 saturated carbocycles. The molecule has 6 nitrogen and oxygen atoms in total. The first-order valence-corrected chi connectivity index (χ1v) is 11.6. The topological polar surface area (TPSA) is 65.0 Å². The third-order valence-corrected chi connectivity index (χ3v) is 6.46. The van der Waals surface area contributed by atoms with Crippen molar-refractivity contribution in [1.29, 1.82) is 0 Å². The van der Waals surface area contributed by atoms with Gasteiger partial charge in [0.15, 0.2) is 12.4 Å². The quantitative estimate of drug-likeness (QED) is 0.607. The van der Waals surface area contributed by atoms with Gasteiger partial charge in [0.25, 0.3) is 0 Å². The first-order valence-electron chi connectivity index (χ1n) is 11.6. The number of hydrogen-bond donors (Lipinski definition) is 2. The van der Waals surface area contributed by atoms with Crippen LogP contribution in [0.15, 0.2) is 48.5 Å². The van der Waals surface area contributed by atoms with Gasteiger partial charge in [0.2, 0.25) is 0 Å². The molecule has 0 aromatic heterocycles. The Balaban J connectivity index is 1.45. The summed E-state index contributed by atoms with van der Waals surface area (Å²) >= 11 is 0. The van der Waals surface area contributed by atoms with Crippen molar-refractivity contribution in [3.05, 3.63) is 54.1 Å². The SMILES string of the molecule is O=C(CCO)C(C1CCc2ccccc2N1)N1CCN(c2ccccc2OCC(F)(F)F)CC1. The van der Waals surface area contributed by atoms with Gasteiger partial charge >= 0.3 is 6.18 Å². The van der Waals surface area contributed by atoms with Gasteiger partial charge in [0, 0.05) is 44.3 Å². The number of fused-ring (bicyclic) bond motifs is 1. The zero-order valence-electron chi connectivity index (χ0n) is 18.9. The molecule has 1 fully saturated rings. The lowest BCUT2D eigenvalue weighted by Crippen LogP contribution is -2.59. The van der Waals surface area contributed by atoms with E-state index in [2.05, 4.69) is 16.3 Å². The summed E-state index contributed by atoms with van der Waals surface area (Å²) in [5, 5.41) is 12.9. The molecular weight excluding hydrogens is 447 g/mol. The number of anilines is 2. The number of halogens is 3. The van der Waals surface area contributed by atoms with E-state index in [-0.39, 0.29) is 36.6 Å². The van der Waals surface area contributed by atoms with Crippen LogP contribution in [-0.2, 0) is 11.2 Å². The number of nitrogens with one attached hydrogen (secondary N) is 1. The van der Waals surface area contributed by atoms with Crippen LogP contribution in [0.25, 0.3) is 0 Å². The van der Waals surface area contributed by atoms with Crippen LogP contribution in [0.5, 0.6) is 5.75 Å². The van der Waals surface area contributed by atoms with Crippen molar-refractivity contribution in [2.24, 2.45) is 0 Å². The number of alkyl halides is 3. The third-order valence-electron chi connectivity index (χ3n) is 6.46. The number of Topliss-reactive ketones (excluding diaryl/α,β-unsaturated/α-hetero) is 1. The number of piperazine rings is 1. The molecule has 34 heavy (non-hydrogen) atoms. The average Bonchev–Trinajstić information content (AvgIpc) is 2.83. The van der Waals surface area contributed by atoms with Crippen LogP contribution in [-0.4, -0.2) is 73.4 Å². The first kappa shape index (κ1) is 24.3. The molecule has 1 saturated heterocycles. The summed E-state index contributed by atoms with van der Waals surface area (Å²) < 4.78 is 43.0. The Morgan fingerprint density at radius 3 is 2.53 bits per heavy atom. The summed E-state index contributed by atoms with van der Waals surface area (Å²) in [4.78, 5) is 17.2. The second-order valence-corrected chi connectivity index (χ2v) is 8.73. The zero-order chi connectivity index (χ0) is 24.1. The molecule has 0 aliphatic carbocycles. The average molecular weight is 478 g/mol. The highest BCUT2D eigenvalue weighted by Crippen LogP contribution is 2.32. The van der Waals surface area contributed by atoms with E-state index in [9.17, 15) is 23.1 Å². The van der Waals surface area contributed by atoms with Crippen LogP contribution >= 0.6 is 0 Å². The van der Waals surface area contributed by atoms with Crippen LogP contribution in [0.1, 0.15) is 18.4 Å². The second kappa shape index (κ2) is 10.7. The van der Waals surface area contributed by atoms with Crippen LogP contribution < -0.4 is 15.0 Å². The van der Waals surface area contributed by atoms with E-state index >= 15 is 0 Å². The number of ether oxygens (including phenoxy) is 1. The molecule has 0 bridgehead atoms. The third kappa shape index (κ3) is 5.82. The fraction of sp³-hybridized carbons (Fsp3) is 0.480. The number of benzene rings is 2. The van der Waals surface area contributed by atoms with E-state index in [1.807, 2.05) is 23.1 Å². The molecule has 4 rings (SSSR count). The second-order valence-electron chi connectivity index (χ2n) is 8.73. The lowest BCUT2D eigenvalue weighted by molar-refractivity contribution is -0.153. The molecule has 0 amide bonds. The molecule has 0 radical (unpaired) electrons. The van der Waals surface area contributed by atoms with Gasteiger partial charge in [0.1, 0.15) is 5.75 Å². The number of nitrogens with zero attached hydrogens (tertiary/aromatic N) is 2. The van der Waals surface area contributed by atoms with Gasteiger partial charge in [-0.15, -0.1) is 0 Å². The van der Waals surface area contributed by atoms with Crippen LogP contribution in [0.4, 0.5) is 24.5 Å². The Kier molecular flexibility index (Phi) is 7.63. The predicted molar refractivity (Wildman–Crippen MR) is 124 cm³/mol. The molecule has 184 valence electrons. The fourth-order valence-corrected chi connectivity index (χ4v) is 4.88. The Bertz CT molecular complexity index is 977. The van der Waals surface area contributed by atoms with Crippen LogP contribution in [0, 0.1) is 0 Å². The molecule has 2 aliphatic heterocycles. The summed E-state index contributed by atoms with van der Waals surface area (Å²) in [5.41, 5.74) is 2.89. The Morgan fingerprint density at radius 1 is 1.09 bits per heavy atom. The maximum absolute atomic E-state index is 13.1. The molecule has 2 N–H and O–H groups in total. The molecule has 2 aromatic rings. The lowest BCUT2D eigenvalue weighted by atomic mass is 9.89. The highest BCUT2D eigenvalue weighted by Gasteiger charge is 2.37. The normalized spacial score (nSPS) is 19.8. The van der Waals surface area contributed by atoms with Crippen molar-refractivity contribution >= 4 is 17.2 Å². The van der Waals surface area contributed by atoms with Gasteiger partial charge < -0.3 is 20.1 Å². The van der Waals surface area contributed by atoms with Crippen molar-refractivity contribution in [3.8, 4) is 5.75 Å². The number of carbonyl (C=O) groups is 1. The standard InChI is InChI=1S/C25H30F3N3O3/c26-25(27,28)17-34-23-8-4-3-7-21(23)30-12-14-31(15-13-30)24(22(33)11-16-32)20-10-9-18-5-1-2-6-19(18)29-20/h1-8,20,24,29,32H,9-17H2. The smallest absolute Gasteiger partial charge is 0.422 e. The van der Waals surface area contributed by atoms with E-state index in [4.69, 9.17) is 4.74 Å². The van der Waals surface area contributed by atoms with Gasteiger partial charge in [-0.05, 0) is 36.6 Å². The number of aryl methyl sites for hydroxylation is 1. The Labute approximate surface area is 197 Å². The maximum atomic E-state index is 13.1. The van der Waals surface area contributed by atoms with E-state index in [0.29, 0.717) is 31.9 Å². The van der Waals surface area contributed by atoms with Crippen molar-refractivity contribution in [2.45, 2.75) is 37.5 Å². The summed E-state index contributed by atoms with van der Waals surface area (Å²) in [7, 11) is 0. The van der Waals surface area contributed by atoms with Gasteiger partial charge in [-0.25, -0.2) is 0 Å². The largest absolute Gasteiger partial charge is 0.482 e. The maximum Gasteiger partial charge on any atom is 0.422 e. The lowest BCUT2D eigenvalue weighted by Gasteiger charge is -2.44. The number of ketones is 1. The summed E-state index contributed by atoms with van der Waals surface area (Å²) in [6.45, 7) is 0.737. The highest BCUT2D eigenvalue weighted by molar-refractivity contribution is 5.85. The number of rotatable bonds is 8. The molecule has 2 heterocycles. The van der Waals surface area contributed by atoms with Gasteiger partial charge in [0.05, 0.1) is 18.3 Å². The first-order chi connectivity index (χ1) is 16.4. The Hall–Kier alpha value is -2.78. The Morgan fingerprint density at radius 2 is 1.79 bits per heavy atom. The predicted octanol–water partition coefficient (Wildman–Crippen LogP) is 3.50. The van der Waals surface area contributed by atoms with Crippen molar-refractivity contribution in [1.82, 2.24) is 4.90 Å². The van der Waals surface area contributed by atoms with Crippen molar-refractivity contribution in [2.75, 3.05) is 49.6 Å². The molecule has 2 aromatic carbocycles. The van der Waals surface area contributed by atoms with E-state index in [1.54, 1.807) is 24.3 Å². The summed E-state index contributed by atoms with van der Waals surface area (Å²) in [6.07, 6.45) is -2.62. The van der Waals surface area contributed by atoms with E-state index in [1.165, 1.54) is 5.56 Å². The number of carbonyl (C=O) groups excluding carboxylic acids is 1. The number of aliphatic hydroxyl groups excluding tert-OH is 1. The minimum absolute atomic E-state index is 0.00161. The molecular formula is C25H30F3N3O3. The number of aliphatic hydroxyl groups is 1. The van der Waals surface area contributed by atoms with E-state index in [0.717, 1.165) is 18.5 Å². The van der Waals surface area contributed by atoms with Gasteiger partial charge in [-0.2, -0.15) is 13.2 Å². The van der Waals surface area contributed by atoms with Crippen LogP contribution in [0.3, 0.4) is 0 Å². The van der Waals surface area contributed by atoms with Gasteiger partial charge in [-0.1, -0.05) is 30.3 Å². The van der Waals surface area contributed by atoms with Gasteiger partial charge in [-0.3, -0.25) is 9.69 Å². The fourth-order valence-electron chi connectivity index (χ4n) is 4.88. The minimum Gasteiger partial charge on any atom is -0.482 e. The highest BCUT2D eigenvalue weighted by atomic mass is 19.4. The van der Waals surface area contributed by atoms with Crippen LogP contribution in [0.2, 0.25) is 0 Å². The molecule has 0 spiro atoms. The minimum atomic E-state index is -4.41. The van der Waals surface area contributed by atoms with E-state index < -0.39 is 12.8 Å². The van der Waals surface area contributed by atoms with Crippen molar-refractivity contribution in [3.63, 3.8) is 0 Å². The number of para-hydroxylation sites is 3. The monoisotopic (exact) mass is 477 g/mol. The summed E-state index contributed by atoms with van der Waals surface area (Å²) in [6, 6.07) is 14.4. The number of hydrogen-bond acceptors (Lipinski definition) is 6. The summed E-state index contributed by atoms with van der Waals surface area (Å²) in [5.74, 6) is 0.202. The van der Waals surface area contributed by atoms with Crippen molar-refractivity contribution < 1.29 is 27.8 Å².